The fourth-order valence-electron chi connectivity index (χ4n) is 2.50. The summed E-state index contributed by atoms with van der Waals surface area (Å²) in [7, 11) is 0. The largest absolute Gasteiger partial charge is 0.497 e. The zero-order chi connectivity index (χ0) is 21.3. The molecule has 0 saturated heterocycles. The van der Waals surface area contributed by atoms with Crippen LogP contribution in [-0.2, 0) is 0 Å². The highest BCUT2D eigenvalue weighted by atomic mass is 16.6. The van der Waals surface area contributed by atoms with Crippen molar-refractivity contribution < 1.29 is 19.9 Å². The Morgan fingerprint density at radius 2 is 1.57 bits per heavy atom. The highest BCUT2D eigenvalue weighted by molar-refractivity contribution is 5.64. The lowest BCUT2D eigenvalue weighted by Gasteiger charge is -2.25. The maximum Gasteiger partial charge on any atom is 0.324 e. The predicted octanol–water partition coefficient (Wildman–Crippen LogP) is 3.54. The van der Waals surface area contributed by atoms with Gasteiger partial charge in [-0.15, -0.1) is 13.2 Å². The van der Waals surface area contributed by atoms with Crippen molar-refractivity contribution in [1.29, 1.82) is 0 Å². The summed E-state index contributed by atoms with van der Waals surface area (Å²) >= 11 is 0. The monoisotopic (exact) mass is 392 g/mol. The summed E-state index contributed by atoms with van der Waals surface area (Å²) in [6.07, 6.45) is 11.6. The van der Waals surface area contributed by atoms with Crippen molar-refractivity contribution in [2.24, 2.45) is 0 Å². The summed E-state index contributed by atoms with van der Waals surface area (Å²) in [6, 6.07) is 1.96. The number of nitro benzene ring substituents is 3. The first kappa shape index (κ1) is 22.4. The lowest BCUT2D eigenvalue weighted by atomic mass is 10.0. The lowest BCUT2D eigenvalue weighted by Crippen LogP contribution is -2.38. The highest BCUT2D eigenvalue weighted by Gasteiger charge is 2.30. The quantitative estimate of drug-likeness (QED) is 0.404. The Kier molecular flexibility index (Phi) is 8.44. The van der Waals surface area contributed by atoms with Gasteiger partial charge in [0.15, 0.2) is 0 Å². The molecule has 0 aromatic heterocycles. The Morgan fingerprint density at radius 1 is 1.04 bits per heavy atom. The van der Waals surface area contributed by atoms with E-state index in [1.165, 1.54) is 0 Å². The standard InChI is InChI=1S/C11H17N.C6H3N3O7/c1-3-6-10-8-5-9-11(12-10)7-4-2;10-6-4(8(13)14)1-3(7(11)12)2-5(6)9(15)16/h3-5,8,10-12H,1-2,6-7,9H2;1-2,10H/t10-,11-;/m0./s1. The topological polar surface area (TPSA) is 162 Å². The smallest absolute Gasteiger partial charge is 0.324 e. The zero-order valence-electron chi connectivity index (χ0n) is 14.9. The SMILES string of the molecule is C=CC[C@H]1CC=C[C@H](CC=C)N1.O=[N+]([O-])c1cc([N+](=O)[O-])c(O)c([N+](=O)[O-])c1. The van der Waals surface area contributed by atoms with E-state index in [-0.39, 0.29) is 0 Å². The van der Waals surface area contributed by atoms with Crippen molar-refractivity contribution in [3.8, 4) is 5.75 Å². The van der Waals surface area contributed by atoms with Crippen LogP contribution in [0.3, 0.4) is 0 Å². The Balaban J connectivity index is 0.000000292. The Hall–Kier alpha value is -3.60. The van der Waals surface area contributed by atoms with Crippen LogP contribution in [0.5, 0.6) is 5.75 Å². The molecule has 1 aromatic carbocycles. The summed E-state index contributed by atoms with van der Waals surface area (Å²) in [5, 5.41) is 43.7. The summed E-state index contributed by atoms with van der Waals surface area (Å²) in [5.74, 6) is -1.21. The van der Waals surface area contributed by atoms with E-state index >= 15 is 0 Å². The second-order valence-corrected chi connectivity index (χ2v) is 5.79. The number of phenolic OH excluding ortho intramolecular Hbond substituents is 1. The number of non-ortho nitro benzene ring substituents is 1. The van der Waals surface area contributed by atoms with Gasteiger partial charge < -0.3 is 10.4 Å². The van der Waals surface area contributed by atoms with Crippen molar-refractivity contribution >= 4 is 17.1 Å². The molecular weight excluding hydrogens is 372 g/mol. The molecule has 0 fully saturated rings. The van der Waals surface area contributed by atoms with Crippen LogP contribution in [-0.4, -0.2) is 32.0 Å². The van der Waals surface area contributed by atoms with Crippen molar-refractivity contribution in [1.82, 2.24) is 5.32 Å². The Labute approximate surface area is 160 Å². The number of benzene rings is 1. The fraction of sp³-hybridized carbons (Fsp3) is 0.294. The van der Waals surface area contributed by atoms with Crippen molar-refractivity contribution in [2.45, 2.75) is 31.3 Å². The minimum atomic E-state index is -1.21. The number of nitrogens with zero attached hydrogens (tertiary/aromatic N) is 3. The summed E-state index contributed by atoms with van der Waals surface area (Å²) in [5.41, 5.74) is -3.00. The average Bonchev–Trinajstić information content (AvgIpc) is 2.62. The van der Waals surface area contributed by atoms with Crippen LogP contribution in [0.2, 0.25) is 0 Å². The molecular formula is C17H20N4O7. The molecule has 11 heteroatoms. The van der Waals surface area contributed by atoms with Crippen LogP contribution in [0, 0.1) is 30.3 Å². The van der Waals surface area contributed by atoms with E-state index < -0.39 is 37.6 Å². The third-order valence-corrected chi connectivity index (χ3v) is 3.77. The summed E-state index contributed by atoms with van der Waals surface area (Å²) < 4.78 is 0. The highest BCUT2D eigenvalue weighted by Crippen LogP contribution is 2.38. The first-order valence-electron chi connectivity index (χ1n) is 8.15. The van der Waals surface area contributed by atoms with Gasteiger partial charge in [-0.2, -0.15) is 0 Å². The molecule has 2 N–H and O–H groups in total. The van der Waals surface area contributed by atoms with E-state index in [1.54, 1.807) is 0 Å². The molecule has 0 amide bonds. The van der Waals surface area contributed by atoms with Crippen LogP contribution < -0.4 is 5.32 Å². The van der Waals surface area contributed by atoms with E-state index in [0.29, 0.717) is 24.2 Å². The molecule has 1 aromatic rings. The van der Waals surface area contributed by atoms with E-state index in [9.17, 15) is 30.3 Å². The van der Waals surface area contributed by atoms with Gasteiger partial charge in [0.05, 0.1) is 26.9 Å². The van der Waals surface area contributed by atoms with Crippen molar-refractivity contribution in [2.75, 3.05) is 0 Å². The minimum absolute atomic E-state index is 0.447. The van der Waals surface area contributed by atoms with Gasteiger partial charge in [0.2, 0.25) is 0 Å². The molecule has 1 aliphatic heterocycles. The molecule has 0 radical (unpaired) electrons. The summed E-state index contributed by atoms with van der Waals surface area (Å²) in [4.78, 5) is 27.8. The number of phenols is 1. The van der Waals surface area contributed by atoms with Crippen molar-refractivity contribution in [3.63, 3.8) is 0 Å². The van der Waals surface area contributed by atoms with Gasteiger partial charge in [0, 0.05) is 12.1 Å². The van der Waals surface area contributed by atoms with E-state index in [1.807, 2.05) is 12.2 Å². The number of nitro groups is 3. The van der Waals surface area contributed by atoms with Crippen LogP contribution in [0.4, 0.5) is 17.1 Å². The second-order valence-electron chi connectivity index (χ2n) is 5.79. The molecule has 0 bridgehead atoms. The number of hydrogen-bond donors (Lipinski definition) is 2. The van der Waals surface area contributed by atoms with E-state index in [0.717, 1.165) is 19.3 Å². The maximum absolute atomic E-state index is 10.4. The van der Waals surface area contributed by atoms with Gasteiger partial charge in [0.1, 0.15) is 0 Å². The molecule has 1 aliphatic rings. The predicted molar refractivity (Wildman–Crippen MR) is 102 cm³/mol. The Morgan fingerprint density at radius 3 is 2.00 bits per heavy atom. The number of hydrogen-bond acceptors (Lipinski definition) is 8. The number of nitrogens with one attached hydrogen (secondary N) is 1. The number of rotatable bonds is 7. The first-order chi connectivity index (χ1) is 13.2. The molecule has 0 spiro atoms. The first-order valence-corrected chi connectivity index (χ1v) is 8.15. The molecule has 28 heavy (non-hydrogen) atoms. The van der Waals surface area contributed by atoms with Crippen LogP contribution in [0.15, 0.2) is 49.6 Å². The van der Waals surface area contributed by atoms with E-state index in [4.69, 9.17) is 5.11 Å². The Bertz CT molecular complexity index is 772. The third-order valence-electron chi connectivity index (χ3n) is 3.77. The van der Waals surface area contributed by atoms with Crippen molar-refractivity contribution in [3.05, 3.63) is 79.9 Å². The molecule has 0 aliphatic carbocycles. The molecule has 150 valence electrons. The van der Waals surface area contributed by atoms with Gasteiger partial charge in [-0.1, -0.05) is 24.3 Å². The zero-order valence-corrected chi connectivity index (χ0v) is 14.9. The van der Waals surface area contributed by atoms with Gasteiger partial charge in [0.25, 0.3) is 11.4 Å². The molecule has 0 unspecified atom stereocenters. The fourth-order valence-corrected chi connectivity index (χ4v) is 2.50. The molecule has 0 saturated carbocycles. The second kappa shape index (κ2) is 10.5. The van der Waals surface area contributed by atoms with Gasteiger partial charge in [-0.3, -0.25) is 30.3 Å². The molecule has 2 atom stereocenters. The lowest BCUT2D eigenvalue weighted by molar-refractivity contribution is -0.404. The molecule has 1 heterocycles. The number of aromatic hydroxyl groups is 1. The maximum atomic E-state index is 10.4. The molecule has 2 rings (SSSR count). The minimum Gasteiger partial charge on any atom is -0.497 e. The molecule has 11 nitrogen and oxygen atoms in total. The van der Waals surface area contributed by atoms with Crippen LogP contribution in [0.25, 0.3) is 0 Å². The van der Waals surface area contributed by atoms with Gasteiger partial charge >= 0.3 is 11.4 Å². The van der Waals surface area contributed by atoms with E-state index in [2.05, 4.69) is 30.6 Å². The van der Waals surface area contributed by atoms with Gasteiger partial charge in [-0.05, 0) is 19.3 Å². The third kappa shape index (κ3) is 6.29. The van der Waals surface area contributed by atoms with Crippen LogP contribution in [0.1, 0.15) is 19.3 Å². The van der Waals surface area contributed by atoms with Gasteiger partial charge in [-0.25, -0.2) is 0 Å². The average molecular weight is 392 g/mol. The van der Waals surface area contributed by atoms with Crippen LogP contribution >= 0.6 is 0 Å². The normalized spacial score (nSPS) is 17.7. The summed E-state index contributed by atoms with van der Waals surface area (Å²) in [6.45, 7) is 7.47.